The number of hydrogen-bond acceptors (Lipinski definition) is 4. The van der Waals surface area contributed by atoms with E-state index in [0.717, 1.165) is 0 Å². The second-order valence-electron chi connectivity index (χ2n) is 6.86. The van der Waals surface area contributed by atoms with E-state index in [1.54, 1.807) is 38.3 Å². The van der Waals surface area contributed by atoms with Gasteiger partial charge in [0.2, 0.25) is 5.91 Å². The van der Waals surface area contributed by atoms with Gasteiger partial charge < -0.3 is 19.1 Å². The second-order valence-corrected chi connectivity index (χ2v) is 7.27. The maximum Gasteiger partial charge on any atom is 0.345 e. The minimum Gasteiger partial charge on any atom is -0.497 e. The van der Waals surface area contributed by atoms with Gasteiger partial charge in [-0.2, -0.15) is 8.78 Å². The molecule has 1 aliphatic rings. The van der Waals surface area contributed by atoms with Crippen LogP contribution in [0.4, 0.5) is 13.2 Å². The van der Waals surface area contributed by atoms with E-state index in [1.165, 1.54) is 17.0 Å². The quantitative estimate of drug-likeness (QED) is 0.578. The third-order valence-corrected chi connectivity index (χ3v) is 5.31. The van der Waals surface area contributed by atoms with Crippen molar-refractivity contribution >= 4 is 17.5 Å². The Labute approximate surface area is 177 Å². The van der Waals surface area contributed by atoms with E-state index in [2.05, 4.69) is 4.74 Å². The average molecular weight is 444 g/mol. The van der Waals surface area contributed by atoms with E-state index in [0.29, 0.717) is 22.6 Å². The monoisotopic (exact) mass is 443 g/mol. The molecule has 1 aliphatic heterocycles. The van der Waals surface area contributed by atoms with E-state index in [1.807, 2.05) is 0 Å². The molecule has 0 aromatic heterocycles. The number of carbonyl (C=O) groups is 1. The first-order chi connectivity index (χ1) is 14.3. The summed E-state index contributed by atoms with van der Waals surface area (Å²) >= 11 is 6.27. The molecule has 5 nitrogen and oxygen atoms in total. The first-order valence-corrected chi connectivity index (χ1v) is 9.64. The van der Waals surface area contributed by atoms with Crippen molar-refractivity contribution in [2.24, 2.45) is 0 Å². The highest BCUT2D eigenvalue weighted by atomic mass is 35.5. The highest BCUT2D eigenvalue weighted by Crippen LogP contribution is 2.34. The number of alkyl halides is 2. The third-order valence-electron chi connectivity index (χ3n) is 4.97. The number of nitrogens with zero attached hydrogens (tertiary/aromatic N) is 1. The van der Waals surface area contributed by atoms with Crippen LogP contribution in [-0.2, 0) is 16.1 Å². The van der Waals surface area contributed by atoms with Crippen molar-refractivity contribution in [3.63, 3.8) is 0 Å². The van der Waals surface area contributed by atoms with Crippen LogP contribution in [-0.4, -0.2) is 37.2 Å². The summed E-state index contributed by atoms with van der Waals surface area (Å²) in [7, 11) is 1.55. The Morgan fingerprint density at radius 1 is 1.20 bits per heavy atom. The van der Waals surface area contributed by atoms with Gasteiger partial charge in [-0.05, 0) is 48.9 Å². The molecule has 0 bridgehead atoms. The Hall–Kier alpha value is -2.45. The number of rotatable bonds is 8. The predicted molar refractivity (Wildman–Crippen MR) is 104 cm³/mol. The van der Waals surface area contributed by atoms with Crippen molar-refractivity contribution in [2.75, 3.05) is 13.7 Å². The lowest BCUT2D eigenvalue weighted by atomic mass is 10.0. The number of benzene rings is 2. The lowest BCUT2D eigenvalue weighted by Crippen LogP contribution is -2.30. The number of hydrogen-bond donors (Lipinski definition) is 0. The molecule has 30 heavy (non-hydrogen) atoms. The zero-order valence-electron chi connectivity index (χ0n) is 16.4. The van der Waals surface area contributed by atoms with Crippen LogP contribution in [0.2, 0.25) is 5.02 Å². The molecule has 2 aromatic rings. The van der Waals surface area contributed by atoms with E-state index < -0.39 is 24.6 Å². The Morgan fingerprint density at radius 3 is 2.50 bits per heavy atom. The molecule has 1 fully saturated rings. The van der Waals surface area contributed by atoms with E-state index in [9.17, 15) is 18.0 Å². The molecule has 0 saturated carbocycles. The predicted octanol–water partition coefficient (Wildman–Crippen LogP) is 4.97. The van der Waals surface area contributed by atoms with Gasteiger partial charge in [-0.1, -0.05) is 11.6 Å². The molecular formula is C21H21ClF3NO4. The average Bonchev–Trinajstić information content (AvgIpc) is 3.05. The fraction of sp³-hybridized carbons (Fsp3) is 0.381. The summed E-state index contributed by atoms with van der Waals surface area (Å²) in [6.45, 7) is -1.26. The van der Waals surface area contributed by atoms with E-state index >= 15 is 0 Å². The summed E-state index contributed by atoms with van der Waals surface area (Å²) in [5.74, 6) is 0.305. The Bertz CT molecular complexity index is 895. The molecule has 9 heteroatoms. The van der Waals surface area contributed by atoms with Crippen LogP contribution in [0.5, 0.6) is 11.5 Å². The number of ether oxygens (including phenoxy) is 3. The Kier molecular flexibility index (Phi) is 7.10. The Morgan fingerprint density at radius 2 is 1.87 bits per heavy atom. The molecular weight excluding hydrogens is 423 g/mol. The zero-order chi connectivity index (χ0) is 21.8. The fourth-order valence-corrected chi connectivity index (χ4v) is 3.72. The zero-order valence-corrected chi connectivity index (χ0v) is 17.2. The molecule has 1 amide bonds. The summed E-state index contributed by atoms with van der Waals surface area (Å²) in [6, 6.07) is 8.74. The highest BCUT2D eigenvalue weighted by molar-refractivity contribution is 6.31. The van der Waals surface area contributed by atoms with Crippen LogP contribution in [0.1, 0.15) is 30.5 Å². The van der Waals surface area contributed by atoms with Gasteiger partial charge >= 0.3 is 6.61 Å². The minimum atomic E-state index is -2.96. The van der Waals surface area contributed by atoms with Gasteiger partial charge in [-0.3, -0.25) is 4.79 Å². The number of methoxy groups -OCH3 is 1. The van der Waals surface area contributed by atoms with Gasteiger partial charge in [0, 0.05) is 12.1 Å². The Balaban J connectivity index is 1.80. The highest BCUT2D eigenvalue weighted by Gasteiger charge is 2.36. The molecule has 1 saturated heterocycles. The molecule has 0 aliphatic carbocycles. The smallest absolute Gasteiger partial charge is 0.345 e. The maximum atomic E-state index is 14.1. The molecule has 0 radical (unpaired) electrons. The minimum absolute atomic E-state index is 0.0166. The maximum absolute atomic E-state index is 14.1. The summed E-state index contributed by atoms with van der Waals surface area (Å²) in [4.78, 5) is 13.7. The van der Waals surface area contributed by atoms with Gasteiger partial charge in [-0.15, -0.1) is 0 Å². The van der Waals surface area contributed by atoms with Crippen molar-refractivity contribution < 1.29 is 32.2 Å². The molecule has 162 valence electrons. The number of halogens is 4. The van der Waals surface area contributed by atoms with E-state index in [-0.39, 0.29) is 30.5 Å². The lowest BCUT2D eigenvalue weighted by Gasteiger charge is -2.27. The first-order valence-electron chi connectivity index (χ1n) is 9.26. The van der Waals surface area contributed by atoms with Crippen molar-refractivity contribution in [3.05, 3.63) is 58.4 Å². The van der Waals surface area contributed by atoms with E-state index in [4.69, 9.17) is 21.1 Å². The largest absolute Gasteiger partial charge is 0.497 e. The summed E-state index contributed by atoms with van der Waals surface area (Å²) in [5, 5.41) is 0.150. The van der Waals surface area contributed by atoms with Crippen molar-refractivity contribution in [1.82, 2.24) is 4.90 Å². The summed E-state index contributed by atoms with van der Waals surface area (Å²) < 4.78 is 54.4. The van der Waals surface area contributed by atoms with Crippen LogP contribution >= 0.6 is 11.6 Å². The summed E-state index contributed by atoms with van der Waals surface area (Å²) in [6.07, 6.45) is -1.07. The van der Waals surface area contributed by atoms with Gasteiger partial charge in [0.25, 0.3) is 0 Å². The summed E-state index contributed by atoms with van der Waals surface area (Å²) in [5.41, 5.74) is 0.951. The number of carbonyl (C=O) groups excluding carboxylic acids is 1. The molecule has 0 N–H and O–H groups in total. The van der Waals surface area contributed by atoms with Gasteiger partial charge in [-0.25, -0.2) is 4.39 Å². The van der Waals surface area contributed by atoms with Crippen LogP contribution in [0.25, 0.3) is 0 Å². The molecule has 0 spiro atoms. The van der Waals surface area contributed by atoms with Gasteiger partial charge in [0.1, 0.15) is 23.9 Å². The van der Waals surface area contributed by atoms with Gasteiger partial charge in [0.15, 0.2) is 0 Å². The molecule has 1 unspecified atom stereocenters. The van der Waals surface area contributed by atoms with Gasteiger partial charge in [0.05, 0.1) is 30.7 Å². The molecule has 1 heterocycles. The van der Waals surface area contributed by atoms with Crippen LogP contribution in [0.15, 0.2) is 36.4 Å². The second kappa shape index (κ2) is 9.57. The lowest BCUT2D eigenvalue weighted by molar-refractivity contribution is -0.159. The van der Waals surface area contributed by atoms with Crippen molar-refractivity contribution in [3.8, 4) is 11.5 Å². The topological polar surface area (TPSA) is 48.0 Å². The fourth-order valence-electron chi connectivity index (χ4n) is 3.45. The molecule has 3 rings (SSSR count). The normalized spacial score (nSPS) is 17.5. The molecule has 2 aromatic carbocycles. The molecule has 2 atom stereocenters. The first kappa shape index (κ1) is 22.2. The van der Waals surface area contributed by atoms with Crippen LogP contribution < -0.4 is 9.47 Å². The number of likely N-dealkylation sites (tertiary alicyclic amines) is 1. The third kappa shape index (κ3) is 5.17. The van der Waals surface area contributed by atoms with Crippen molar-refractivity contribution in [1.29, 1.82) is 0 Å². The SMILES string of the molecule is COc1ccc(OCc2c(Cl)cc(F)cc2C(C)N2C[C@@H](OC(F)F)CC2=O)cc1. The number of amides is 1. The standard InChI is InChI=1S/C21H21ClF3NO4/c1-12(26-10-16(9-20(26)27)30-21(24)25)17-7-13(23)8-19(22)18(17)11-29-15-5-3-14(28-2)4-6-15/h3-8,12,16,21H,9-11H2,1-2H3/t12?,16-/m0/s1. The van der Waals surface area contributed by atoms with Crippen LogP contribution in [0.3, 0.4) is 0 Å². The van der Waals surface area contributed by atoms with Crippen molar-refractivity contribution in [2.45, 2.75) is 38.7 Å². The van der Waals surface area contributed by atoms with Crippen LogP contribution in [0, 0.1) is 5.82 Å².